The lowest BCUT2D eigenvalue weighted by atomic mass is 9.98. The van der Waals surface area contributed by atoms with Gasteiger partial charge in [-0.1, -0.05) is 80.6 Å². The number of hydrogen-bond acceptors (Lipinski definition) is 7. The molecule has 0 saturated carbocycles. The maximum absolute atomic E-state index is 14.1. The van der Waals surface area contributed by atoms with E-state index in [0.717, 1.165) is 73.4 Å². The first kappa shape index (κ1) is 41.3. The molecular formula is C48H49N9O5. The number of methoxy groups -OCH3 is 1. The highest BCUT2D eigenvalue weighted by Crippen LogP contribution is 2.37. The first-order valence-corrected chi connectivity index (χ1v) is 20.8. The van der Waals surface area contributed by atoms with Crippen LogP contribution in [0.15, 0.2) is 91.0 Å². The molecule has 14 nitrogen and oxygen atoms in total. The van der Waals surface area contributed by atoms with Crippen LogP contribution in [0.1, 0.15) is 62.4 Å². The van der Waals surface area contributed by atoms with E-state index in [0.29, 0.717) is 30.9 Å². The first-order chi connectivity index (χ1) is 30.1. The van der Waals surface area contributed by atoms with E-state index in [2.05, 4.69) is 80.4 Å². The molecule has 1 aliphatic rings. The van der Waals surface area contributed by atoms with E-state index in [1.807, 2.05) is 61.2 Å². The molecule has 14 heteroatoms. The average Bonchev–Trinajstić information content (AvgIpc) is 4.07. The third-order valence-electron chi connectivity index (χ3n) is 11.6. The summed E-state index contributed by atoms with van der Waals surface area (Å²) in [6, 6.07) is 27.8. The van der Waals surface area contributed by atoms with E-state index < -0.39 is 24.2 Å². The maximum atomic E-state index is 14.1. The van der Waals surface area contributed by atoms with Crippen LogP contribution in [-0.4, -0.2) is 87.0 Å². The lowest BCUT2D eigenvalue weighted by Gasteiger charge is -2.28. The molecule has 1 fully saturated rings. The van der Waals surface area contributed by atoms with Gasteiger partial charge < -0.3 is 40.5 Å². The summed E-state index contributed by atoms with van der Waals surface area (Å²) in [5.41, 5.74) is 6.15. The Bertz CT molecular complexity index is 2860. The molecule has 2 aromatic heterocycles. The monoisotopic (exact) mass is 831 g/mol. The molecule has 7 aromatic rings. The smallest absolute Gasteiger partial charge is 0.407 e. The second-order valence-electron chi connectivity index (χ2n) is 15.9. The van der Waals surface area contributed by atoms with Crippen LogP contribution in [0.5, 0.6) is 0 Å². The number of aromatic amines is 2. The number of carbonyl (C=O) groups is 4. The van der Waals surface area contributed by atoms with E-state index in [1.165, 1.54) is 14.2 Å². The Hall–Kier alpha value is -7.40. The van der Waals surface area contributed by atoms with E-state index in [4.69, 9.17) is 21.1 Å². The van der Waals surface area contributed by atoms with Crippen molar-refractivity contribution in [3.63, 3.8) is 0 Å². The Balaban J connectivity index is 1.04. The van der Waals surface area contributed by atoms with Crippen molar-refractivity contribution in [1.29, 1.82) is 0 Å². The van der Waals surface area contributed by atoms with Crippen molar-refractivity contribution in [2.45, 2.75) is 57.8 Å². The molecule has 0 spiro atoms. The highest BCUT2D eigenvalue weighted by molar-refractivity contribution is 6.07. The number of urea groups is 1. The fourth-order valence-corrected chi connectivity index (χ4v) is 8.43. The minimum atomic E-state index is -0.835. The second kappa shape index (κ2) is 17.7. The number of nitrogens with one attached hydrogen (secondary N) is 5. The Kier molecular flexibility index (Phi) is 11.8. The standard InChI is InChI=1S/C48H49N9O5/c1-6-7-23-56(45(58)40(28(2)3)55-48(61)62-5)27-39-50-36-21-17-32-25-30(15-19-34(32)42(36)52-39)31-16-20-35-33(26-31)18-22-37-43(35)53-44(51-37)38-14-11-24-57(38)46(59)41(54-47(60)49-4)29-12-9-8-10-13-29/h1,8-10,12-13,15-22,25-26,28,38,40-41H,7,11,14,23-24,27H2,2-5H3,(H,50,52)(H,51,53)(H,55,61)(H2,49,54,60)/t38-,40-,41+/m0/s1. The molecule has 8 rings (SSSR count). The Morgan fingerprint density at radius 2 is 1.55 bits per heavy atom. The number of H-pyrrole nitrogens is 2. The van der Waals surface area contributed by atoms with Gasteiger partial charge in [0, 0.05) is 37.3 Å². The number of ether oxygens (including phenoxy) is 1. The second-order valence-corrected chi connectivity index (χ2v) is 15.9. The Morgan fingerprint density at radius 3 is 2.18 bits per heavy atom. The number of carbonyl (C=O) groups excluding carboxylic acids is 4. The number of fused-ring (bicyclic) bond motifs is 6. The van der Waals surface area contributed by atoms with Crippen molar-refractivity contribution < 1.29 is 23.9 Å². The van der Waals surface area contributed by atoms with E-state index in [1.54, 1.807) is 4.90 Å². The number of terminal acetylenes is 1. The molecule has 5 N–H and O–H groups in total. The SMILES string of the molecule is C#CCCN(Cc1nc2c(ccc3cc(-c4ccc5c(ccc6[nH]c([C@@H]7CCCN7C(=O)[C@H](NC(=O)NC)c7ccccc7)nc65)c4)ccc32)[nH]1)C(=O)[C@@H](NC(=O)OC)C(C)C. The molecular weight excluding hydrogens is 783 g/mol. The van der Waals surface area contributed by atoms with Crippen molar-refractivity contribution in [2.24, 2.45) is 5.92 Å². The van der Waals surface area contributed by atoms with Crippen molar-refractivity contribution in [3.05, 3.63) is 108 Å². The fourth-order valence-electron chi connectivity index (χ4n) is 8.43. The van der Waals surface area contributed by atoms with Crippen LogP contribution in [0, 0.1) is 18.3 Å². The normalized spacial score (nSPS) is 14.8. The van der Waals surface area contributed by atoms with Crippen LogP contribution in [0.4, 0.5) is 9.59 Å². The molecule has 316 valence electrons. The molecule has 0 aliphatic carbocycles. The highest BCUT2D eigenvalue weighted by atomic mass is 16.5. The zero-order chi connectivity index (χ0) is 43.5. The summed E-state index contributed by atoms with van der Waals surface area (Å²) in [6.45, 7) is 4.77. The van der Waals surface area contributed by atoms with Crippen LogP contribution in [-0.2, 0) is 20.9 Å². The number of nitrogens with zero attached hydrogens (tertiary/aromatic N) is 4. The molecule has 1 saturated heterocycles. The van der Waals surface area contributed by atoms with Crippen LogP contribution in [0.3, 0.4) is 0 Å². The summed E-state index contributed by atoms with van der Waals surface area (Å²) in [7, 11) is 2.80. The molecule has 62 heavy (non-hydrogen) atoms. The number of imidazole rings is 2. The quantitative estimate of drug-likeness (QED) is 0.0793. The lowest BCUT2D eigenvalue weighted by Crippen LogP contribution is -2.51. The zero-order valence-corrected chi connectivity index (χ0v) is 35.1. The van der Waals surface area contributed by atoms with Crippen molar-refractivity contribution in [2.75, 3.05) is 27.2 Å². The van der Waals surface area contributed by atoms with Crippen LogP contribution >= 0.6 is 0 Å². The molecule has 3 atom stereocenters. The first-order valence-electron chi connectivity index (χ1n) is 20.8. The van der Waals surface area contributed by atoms with Gasteiger partial charge in [-0.15, -0.1) is 12.3 Å². The minimum absolute atomic E-state index is 0.179. The van der Waals surface area contributed by atoms with Gasteiger partial charge in [0.25, 0.3) is 0 Å². The topological polar surface area (TPSA) is 177 Å². The van der Waals surface area contributed by atoms with Gasteiger partial charge in [0.2, 0.25) is 11.8 Å². The lowest BCUT2D eigenvalue weighted by molar-refractivity contribution is -0.135. The largest absolute Gasteiger partial charge is 0.453 e. The zero-order valence-electron chi connectivity index (χ0n) is 35.1. The Labute approximate surface area is 358 Å². The number of alkyl carbamates (subject to hydrolysis) is 1. The molecule has 0 unspecified atom stereocenters. The summed E-state index contributed by atoms with van der Waals surface area (Å²) in [5, 5.41) is 12.1. The van der Waals surface area contributed by atoms with E-state index in [-0.39, 0.29) is 30.3 Å². The van der Waals surface area contributed by atoms with Crippen molar-refractivity contribution in [1.82, 2.24) is 45.7 Å². The third kappa shape index (κ3) is 8.21. The van der Waals surface area contributed by atoms with Gasteiger partial charge in [-0.25, -0.2) is 19.6 Å². The highest BCUT2D eigenvalue weighted by Gasteiger charge is 2.37. The average molecular weight is 832 g/mol. The number of likely N-dealkylation sites (tertiary alicyclic amines) is 1. The summed E-state index contributed by atoms with van der Waals surface area (Å²) in [6.07, 6.45) is 6.83. The number of hydrogen-bond donors (Lipinski definition) is 5. The van der Waals surface area contributed by atoms with Gasteiger partial charge in [0.15, 0.2) is 0 Å². The summed E-state index contributed by atoms with van der Waals surface area (Å²) in [5.74, 6) is 3.31. The van der Waals surface area contributed by atoms with Crippen LogP contribution < -0.4 is 16.0 Å². The Morgan fingerprint density at radius 1 is 0.887 bits per heavy atom. The van der Waals surface area contributed by atoms with Gasteiger partial charge in [-0.2, -0.15) is 0 Å². The summed E-state index contributed by atoms with van der Waals surface area (Å²) < 4.78 is 4.77. The predicted octanol–water partition coefficient (Wildman–Crippen LogP) is 7.48. The number of aromatic nitrogens is 4. The van der Waals surface area contributed by atoms with Gasteiger partial charge in [0.05, 0.1) is 41.8 Å². The predicted molar refractivity (Wildman–Crippen MR) is 240 cm³/mol. The van der Waals surface area contributed by atoms with Gasteiger partial charge >= 0.3 is 12.1 Å². The molecule has 1 aliphatic heterocycles. The van der Waals surface area contributed by atoms with Crippen LogP contribution in [0.2, 0.25) is 0 Å². The molecule has 3 heterocycles. The van der Waals surface area contributed by atoms with Crippen LogP contribution in [0.25, 0.3) is 54.7 Å². The van der Waals surface area contributed by atoms with E-state index >= 15 is 0 Å². The van der Waals surface area contributed by atoms with E-state index in [9.17, 15) is 19.2 Å². The number of amides is 5. The molecule has 0 bridgehead atoms. The minimum Gasteiger partial charge on any atom is -0.453 e. The van der Waals surface area contributed by atoms with Crippen molar-refractivity contribution >= 4 is 67.6 Å². The summed E-state index contributed by atoms with van der Waals surface area (Å²) >= 11 is 0. The maximum Gasteiger partial charge on any atom is 0.407 e. The third-order valence-corrected chi connectivity index (χ3v) is 11.6. The number of benzene rings is 5. The summed E-state index contributed by atoms with van der Waals surface area (Å²) in [4.78, 5) is 72.7. The molecule has 5 amide bonds. The fraction of sp³-hybridized carbons (Fsp3) is 0.292. The van der Waals surface area contributed by atoms with Crippen molar-refractivity contribution in [3.8, 4) is 23.5 Å². The van der Waals surface area contributed by atoms with Gasteiger partial charge in [-0.05, 0) is 70.5 Å². The molecule has 5 aromatic carbocycles. The van der Waals surface area contributed by atoms with Gasteiger partial charge in [-0.3, -0.25) is 9.59 Å². The number of rotatable bonds is 12. The molecule has 0 radical (unpaired) electrons. The van der Waals surface area contributed by atoms with Gasteiger partial charge in [0.1, 0.15) is 23.7 Å².